The fourth-order valence-electron chi connectivity index (χ4n) is 2.00. The molecule has 2 aromatic rings. The van der Waals surface area contributed by atoms with Gasteiger partial charge in [-0.25, -0.2) is 5.43 Å². The van der Waals surface area contributed by atoms with Crippen LogP contribution in [0.4, 0.5) is 5.69 Å². The molecule has 0 aliphatic heterocycles. The molecular formula is C20H21N3O2. The van der Waals surface area contributed by atoms with Crippen molar-refractivity contribution in [2.75, 3.05) is 5.32 Å². The zero-order valence-electron chi connectivity index (χ0n) is 14.1. The lowest BCUT2D eigenvalue weighted by molar-refractivity contribution is -0.124. The largest absolute Gasteiger partial charge is 0.326 e. The van der Waals surface area contributed by atoms with Crippen LogP contribution in [0.25, 0.3) is 6.08 Å². The van der Waals surface area contributed by atoms with Gasteiger partial charge in [-0.3, -0.25) is 9.59 Å². The second-order valence-electron chi connectivity index (χ2n) is 5.45. The van der Waals surface area contributed by atoms with Gasteiger partial charge in [0, 0.05) is 18.5 Å². The molecule has 2 N–H and O–H groups in total. The van der Waals surface area contributed by atoms with Crippen LogP contribution in [-0.2, 0) is 9.59 Å². The van der Waals surface area contributed by atoms with E-state index in [2.05, 4.69) is 15.8 Å². The third kappa shape index (κ3) is 7.26. The maximum atomic E-state index is 11.8. The number of anilines is 1. The van der Waals surface area contributed by atoms with Gasteiger partial charge in [-0.05, 0) is 30.7 Å². The molecule has 0 aliphatic rings. The minimum absolute atomic E-state index is 0.0812. The maximum Gasteiger partial charge on any atom is 0.240 e. The Hall–Kier alpha value is -3.21. The average molecular weight is 335 g/mol. The van der Waals surface area contributed by atoms with Crippen LogP contribution in [0.2, 0.25) is 0 Å². The zero-order valence-corrected chi connectivity index (χ0v) is 14.1. The first kappa shape index (κ1) is 18.1. The van der Waals surface area contributed by atoms with Gasteiger partial charge in [-0.1, -0.05) is 54.6 Å². The van der Waals surface area contributed by atoms with Gasteiger partial charge in [0.1, 0.15) is 0 Å². The Morgan fingerprint density at radius 3 is 2.20 bits per heavy atom. The summed E-state index contributed by atoms with van der Waals surface area (Å²) in [6.07, 6.45) is 3.92. The quantitative estimate of drug-likeness (QED) is 0.599. The SMILES string of the molecule is CC(C=Cc1ccccc1)=NNC(=O)CCC(=O)Nc1ccccc1. The number of hydrogen-bond donors (Lipinski definition) is 2. The molecule has 5 nitrogen and oxygen atoms in total. The molecule has 25 heavy (non-hydrogen) atoms. The summed E-state index contributed by atoms with van der Waals surface area (Å²) in [6.45, 7) is 1.79. The molecule has 0 bridgehead atoms. The van der Waals surface area contributed by atoms with Crippen LogP contribution in [0, 0.1) is 0 Å². The number of allylic oxidation sites excluding steroid dienone is 1. The molecule has 0 atom stereocenters. The van der Waals surface area contributed by atoms with Crippen molar-refractivity contribution in [3.05, 3.63) is 72.3 Å². The molecule has 0 saturated carbocycles. The van der Waals surface area contributed by atoms with Gasteiger partial charge in [0.15, 0.2) is 0 Å². The van der Waals surface area contributed by atoms with Gasteiger partial charge in [-0.2, -0.15) is 5.10 Å². The normalized spacial score (nSPS) is 11.3. The van der Waals surface area contributed by atoms with E-state index >= 15 is 0 Å². The maximum absolute atomic E-state index is 11.8. The summed E-state index contributed by atoms with van der Waals surface area (Å²) in [5.41, 5.74) is 4.90. The molecule has 0 heterocycles. The van der Waals surface area contributed by atoms with Crippen LogP contribution in [-0.4, -0.2) is 17.5 Å². The Bertz CT molecular complexity index is 753. The van der Waals surface area contributed by atoms with Crippen LogP contribution in [0.1, 0.15) is 25.3 Å². The highest BCUT2D eigenvalue weighted by atomic mass is 16.2. The number of hydrazone groups is 1. The summed E-state index contributed by atoms with van der Waals surface area (Å²) in [5, 5.41) is 6.73. The van der Waals surface area contributed by atoms with Gasteiger partial charge in [-0.15, -0.1) is 0 Å². The Kier molecular flexibility index (Phi) is 7.13. The lowest BCUT2D eigenvalue weighted by Crippen LogP contribution is -2.21. The lowest BCUT2D eigenvalue weighted by Gasteiger charge is -2.04. The number of carbonyl (C=O) groups excluding carboxylic acids is 2. The highest BCUT2D eigenvalue weighted by Gasteiger charge is 2.06. The van der Waals surface area contributed by atoms with Crippen molar-refractivity contribution in [3.8, 4) is 0 Å². The predicted octanol–water partition coefficient (Wildman–Crippen LogP) is 3.61. The van der Waals surface area contributed by atoms with Crippen molar-refractivity contribution >= 4 is 29.3 Å². The van der Waals surface area contributed by atoms with E-state index in [1.54, 1.807) is 19.1 Å². The third-order valence-corrected chi connectivity index (χ3v) is 3.31. The minimum atomic E-state index is -0.296. The van der Waals surface area contributed by atoms with E-state index in [1.807, 2.05) is 60.7 Å². The Balaban J connectivity index is 1.72. The molecule has 2 amide bonds. The molecule has 0 unspecified atom stereocenters. The molecule has 128 valence electrons. The second kappa shape index (κ2) is 9.82. The van der Waals surface area contributed by atoms with Crippen LogP contribution in [0.15, 0.2) is 71.8 Å². The van der Waals surface area contributed by atoms with E-state index in [9.17, 15) is 9.59 Å². The molecule has 0 spiro atoms. The number of nitrogens with zero attached hydrogens (tertiary/aromatic N) is 1. The molecule has 2 rings (SSSR count). The number of rotatable bonds is 7. The molecule has 0 radical (unpaired) electrons. The fourth-order valence-corrected chi connectivity index (χ4v) is 2.00. The van der Waals surface area contributed by atoms with Crippen LogP contribution in [0.5, 0.6) is 0 Å². The van der Waals surface area contributed by atoms with Crippen LogP contribution >= 0.6 is 0 Å². The monoisotopic (exact) mass is 335 g/mol. The van der Waals surface area contributed by atoms with Crippen LogP contribution in [0.3, 0.4) is 0 Å². The molecule has 0 aliphatic carbocycles. The van der Waals surface area contributed by atoms with Crippen molar-refractivity contribution < 1.29 is 9.59 Å². The highest BCUT2D eigenvalue weighted by molar-refractivity contribution is 5.97. The smallest absolute Gasteiger partial charge is 0.240 e. The number of amides is 2. The number of nitrogens with one attached hydrogen (secondary N) is 2. The van der Waals surface area contributed by atoms with Crippen molar-refractivity contribution in [2.24, 2.45) is 5.10 Å². The summed E-state index contributed by atoms with van der Waals surface area (Å²) in [5.74, 6) is -0.498. The summed E-state index contributed by atoms with van der Waals surface area (Å²) in [6, 6.07) is 19.0. The van der Waals surface area contributed by atoms with Gasteiger partial charge < -0.3 is 5.32 Å². The van der Waals surface area contributed by atoms with E-state index in [0.717, 1.165) is 5.56 Å². The number of hydrogen-bond acceptors (Lipinski definition) is 3. The molecule has 2 aromatic carbocycles. The van der Waals surface area contributed by atoms with Gasteiger partial charge in [0.25, 0.3) is 0 Å². The fraction of sp³-hybridized carbons (Fsp3) is 0.150. The highest BCUT2D eigenvalue weighted by Crippen LogP contribution is 2.06. The second-order valence-corrected chi connectivity index (χ2v) is 5.45. The van der Waals surface area contributed by atoms with Gasteiger partial charge in [0.2, 0.25) is 11.8 Å². The molecule has 0 saturated heterocycles. The average Bonchev–Trinajstić information content (AvgIpc) is 2.64. The van der Waals surface area contributed by atoms with Crippen molar-refractivity contribution in [1.29, 1.82) is 0 Å². The predicted molar refractivity (Wildman–Crippen MR) is 101 cm³/mol. The van der Waals surface area contributed by atoms with Crippen molar-refractivity contribution in [3.63, 3.8) is 0 Å². The molecule has 0 aromatic heterocycles. The molecule has 0 fully saturated rings. The van der Waals surface area contributed by atoms with Crippen LogP contribution < -0.4 is 10.7 Å². The summed E-state index contributed by atoms with van der Waals surface area (Å²) >= 11 is 0. The van der Waals surface area contributed by atoms with E-state index in [-0.39, 0.29) is 24.7 Å². The van der Waals surface area contributed by atoms with E-state index in [4.69, 9.17) is 0 Å². The Morgan fingerprint density at radius 2 is 1.52 bits per heavy atom. The standard InChI is InChI=1S/C20H21N3O2/c1-16(12-13-17-8-4-2-5-9-17)22-23-20(25)15-14-19(24)21-18-10-6-3-7-11-18/h2-13H,14-15H2,1H3,(H,21,24)(H,23,25). The van der Waals surface area contributed by atoms with Crippen molar-refractivity contribution in [1.82, 2.24) is 5.43 Å². The Labute approximate surface area is 147 Å². The number of para-hydroxylation sites is 1. The minimum Gasteiger partial charge on any atom is -0.326 e. The van der Waals surface area contributed by atoms with E-state index < -0.39 is 0 Å². The first-order valence-electron chi connectivity index (χ1n) is 8.04. The van der Waals surface area contributed by atoms with Gasteiger partial charge in [0.05, 0.1) is 5.71 Å². The first-order chi connectivity index (χ1) is 12.1. The van der Waals surface area contributed by atoms with Crippen molar-refractivity contribution in [2.45, 2.75) is 19.8 Å². The molecular weight excluding hydrogens is 314 g/mol. The molecule has 5 heteroatoms. The van der Waals surface area contributed by atoms with E-state index in [1.165, 1.54) is 0 Å². The third-order valence-electron chi connectivity index (χ3n) is 3.31. The van der Waals surface area contributed by atoms with Gasteiger partial charge >= 0.3 is 0 Å². The number of benzene rings is 2. The lowest BCUT2D eigenvalue weighted by atomic mass is 10.2. The topological polar surface area (TPSA) is 70.6 Å². The Morgan fingerprint density at radius 1 is 0.920 bits per heavy atom. The number of carbonyl (C=O) groups is 2. The van der Waals surface area contributed by atoms with E-state index in [0.29, 0.717) is 11.4 Å². The zero-order chi connectivity index (χ0) is 17.9. The first-order valence-corrected chi connectivity index (χ1v) is 8.04. The summed E-state index contributed by atoms with van der Waals surface area (Å²) in [4.78, 5) is 23.5. The summed E-state index contributed by atoms with van der Waals surface area (Å²) in [7, 11) is 0. The summed E-state index contributed by atoms with van der Waals surface area (Å²) < 4.78 is 0.